The average molecular weight is 205 g/mol. The molecule has 0 atom stereocenters. The van der Waals surface area contributed by atoms with Crippen LogP contribution in [0.15, 0.2) is 24.3 Å². The van der Waals surface area contributed by atoms with Gasteiger partial charge in [-0.1, -0.05) is 37.1 Å². The van der Waals surface area contributed by atoms with E-state index < -0.39 is 5.60 Å². The van der Waals surface area contributed by atoms with Crippen LogP contribution >= 0.6 is 0 Å². The third kappa shape index (κ3) is 6.29. The first kappa shape index (κ1) is 12.3. The van der Waals surface area contributed by atoms with E-state index in [4.69, 9.17) is 0 Å². The van der Waals surface area contributed by atoms with Crippen LogP contribution < -0.4 is 0 Å². The van der Waals surface area contributed by atoms with Gasteiger partial charge in [-0.05, 0) is 44.7 Å². The maximum Gasteiger partial charge on any atom is 0.0591 e. The summed E-state index contributed by atoms with van der Waals surface area (Å²) in [6, 6.07) is 11.2. The summed E-state index contributed by atoms with van der Waals surface area (Å²) < 4.78 is 0. The molecule has 0 saturated carbocycles. The van der Waals surface area contributed by atoms with Crippen molar-refractivity contribution in [2.24, 2.45) is 0 Å². The van der Waals surface area contributed by atoms with Gasteiger partial charge in [-0.3, -0.25) is 0 Å². The standard InChI is InChI=1S/C14H21O/c1-14(2,15)12-8-4-7-11-13-9-5-3-6-10-13/h5-6,9-10,15H,4,7-8,11-12H2,1-2H3. The third-order valence-electron chi connectivity index (χ3n) is 2.54. The largest absolute Gasteiger partial charge is 0.390 e. The Kier molecular flexibility index (Phi) is 4.83. The monoisotopic (exact) mass is 205 g/mol. The second-order valence-corrected chi connectivity index (χ2v) is 4.78. The molecule has 83 valence electrons. The highest BCUT2D eigenvalue weighted by atomic mass is 16.3. The van der Waals surface area contributed by atoms with Crippen LogP contribution in [0.25, 0.3) is 0 Å². The molecule has 0 saturated heterocycles. The Hall–Kier alpha value is -0.820. The van der Waals surface area contributed by atoms with Crippen LogP contribution in [0.4, 0.5) is 0 Å². The van der Waals surface area contributed by atoms with Crippen LogP contribution in [-0.4, -0.2) is 10.7 Å². The summed E-state index contributed by atoms with van der Waals surface area (Å²) in [7, 11) is 0. The highest BCUT2D eigenvalue weighted by Crippen LogP contribution is 2.14. The van der Waals surface area contributed by atoms with Crippen molar-refractivity contribution in [1.82, 2.24) is 0 Å². The molecule has 0 fully saturated rings. The fourth-order valence-electron chi connectivity index (χ4n) is 1.65. The molecule has 1 aromatic rings. The van der Waals surface area contributed by atoms with Gasteiger partial charge in [-0.25, -0.2) is 0 Å². The molecule has 15 heavy (non-hydrogen) atoms. The lowest BCUT2D eigenvalue weighted by atomic mass is 9.99. The molecule has 0 spiro atoms. The van der Waals surface area contributed by atoms with E-state index in [1.165, 1.54) is 18.4 Å². The Morgan fingerprint density at radius 2 is 1.80 bits per heavy atom. The van der Waals surface area contributed by atoms with E-state index in [0.29, 0.717) is 0 Å². The fourth-order valence-corrected chi connectivity index (χ4v) is 1.65. The SMILES string of the molecule is CC(C)(O)CCCCCc1cc[c]cc1. The van der Waals surface area contributed by atoms with E-state index in [9.17, 15) is 5.11 Å². The molecule has 0 aliphatic rings. The number of unbranched alkanes of at least 4 members (excludes halogenated alkanes) is 2. The Morgan fingerprint density at radius 3 is 2.40 bits per heavy atom. The number of benzene rings is 1. The maximum absolute atomic E-state index is 9.53. The number of aliphatic hydroxyl groups is 1. The highest BCUT2D eigenvalue weighted by Gasteiger charge is 2.10. The lowest BCUT2D eigenvalue weighted by molar-refractivity contribution is 0.0681. The number of hydrogen-bond donors (Lipinski definition) is 1. The van der Waals surface area contributed by atoms with Gasteiger partial charge in [-0.15, -0.1) is 0 Å². The van der Waals surface area contributed by atoms with Crippen molar-refractivity contribution < 1.29 is 5.11 Å². The van der Waals surface area contributed by atoms with Crippen molar-refractivity contribution in [2.75, 3.05) is 0 Å². The van der Waals surface area contributed by atoms with Crippen molar-refractivity contribution in [1.29, 1.82) is 0 Å². The Bertz CT molecular complexity index is 258. The van der Waals surface area contributed by atoms with Crippen molar-refractivity contribution >= 4 is 0 Å². The minimum absolute atomic E-state index is 0.498. The molecule has 0 heterocycles. The van der Waals surface area contributed by atoms with Crippen LogP contribution in [0.5, 0.6) is 0 Å². The summed E-state index contributed by atoms with van der Waals surface area (Å²) in [5, 5.41) is 9.53. The first-order valence-electron chi connectivity index (χ1n) is 5.75. The van der Waals surface area contributed by atoms with Gasteiger partial charge in [0.1, 0.15) is 0 Å². The molecule has 0 aromatic heterocycles. The first-order valence-corrected chi connectivity index (χ1v) is 5.75. The highest BCUT2D eigenvalue weighted by molar-refractivity contribution is 5.13. The predicted octanol–water partition coefficient (Wildman–Crippen LogP) is 3.36. The van der Waals surface area contributed by atoms with E-state index >= 15 is 0 Å². The van der Waals surface area contributed by atoms with Gasteiger partial charge < -0.3 is 5.11 Å². The Morgan fingerprint density at radius 1 is 1.13 bits per heavy atom. The molecule has 1 aromatic carbocycles. The molecule has 1 rings (SSSR count). The zero-order valence-electron chi connectivity index (χ0n) is 9.79. The second-order valence-electron chi connectivity index (χ2n) is 4.78. The normalized spacial score (nSPS) is 11.7. The van der Waals surface area contributed by atoms with Gasteiger partial charge in [0.05, 0.1) is 5.60 Å². The van der Waals surface area contributed by atoms with E-state index in [1.807, 2.05) is 26.0 Å². The Balaban J connectivity index is 2.08. The second kappa shape index (κ2) is 5.92. The molecule has 0 bridgehead atoms. The lowest BCUT2D eigenvalue weighted by Gasteiger charge is -2.16. The summed E-state index contributed by atoms with van der Waals surface area (Å²) in [4.78, 5) is 0. The lowest BCUT2D eigenvalue weighted by Crippen LogP contribution is -2.17. The summed E-state index contributed by atoms with van der Waals surface area (Å²) in [5.41, 5.74) is 0.888. The zero-order chi connectivity index (χ0) is 11.1. The van der Waals surface area contributed by atoms with Crippen molar-refractivity contribution in [3.63, 3.8) is 0 Å². The molecule has 0 unspecified atom stereocenters. The smallest absolute Gasteiger partial charge is 0.0591 e. The van der Waals surface area contributed by atoms with Crippen molar-refractivity contribution in [2.45, 2.75) is 51.6 Å². The summed E-state index contributed by atoms with van der Waals surface area (Å²) in [6.45, 7) is 3.75. The van der Waals surface area contributed by atoms with Gasteiger partial charge in [0, 0.05) is 0 Å². The molecule has 0 aliphatic heterocycles. The summed E-state index contributed by atoms with van der Waals surface area (Å²) >= 11 is 0. The molecule has 1 N–H and O–H groups in total. The van der Waals surface area contributed by atoms with Crippen LogP contribution in [0.1, 0.15) is 45.1 Å². The van der Waals surface area contributed by atoms with Crippen molar-refractivity contribution in [3.05, 3.63) is 35.9 Å². The third-order valence-corrected chi connectivity index (χ3v) is 2.54. The van der Waals surface area contributed by atoms with E-state index in [0.717, 1.165) is 19.3 Å². The van der Waals surface area contributed by atoms with Crippen LogP contribution in [-0.2, 0) is 6.42 Å². The molecular formula is C14H21O. The van der Waals surface area contributed by atoms with Crippen LogP contribution in [0, 0.1) is 6.07 Å². The fraction of sp³-hybridized carbons (Fsp3) is 0.571. The molecule has 1 heteroatoms. The van der Waals surface area contributed by atoms with E-state index in [1.54, 1.807) is 0 Å². The van der Waals surface area contributed by atoms with Gasteiger partial charge >= 0.3 is 0 Å². The average Bonchev–Trinajstić information content (AvgIpc) is 2.17. The van der Waals surface area contributed by atoms with E-state index in [-0.39, 0.29) is 0 Å². The number of aryl methyl sites for hydroxylation is 1. The van der Waals surface area contributed by atoms with Crippen molar-refractivity contribution in [3.8, 4) is 0 Å². The van der Waals surface area contributed by atoms with Crippen LogP contribution in [0.3, 0.4) is 0 Å². The topological polar surface area (TPSA) is 20.2 Å². The molecule has 1 radical (unpaired) electrons. The summed E-state index contributed by atoms with van der Waals surface area (Å²) in [5.74, 6) is 0. The quantitative estimate of drug-likeness (QED) is 0.706. The number of rotatable bonds is 6. The van der Waals surface area contributed by atoms with Gasteiger partial charge in [0.15, 0.2) is 0 Å². The van der Waals surface area contributed by atoms with Gasteiger partial charge in [0.25, 0.3) is 0 Å². The zero-order valence-corrected chi connectivity index (χ0v) is 9.79. The predicted molar refractivity (Wildman–Crippen MR) is 63.7 cm³/mol. The first-order chi connectivity index (χ1) is 7.08. The molecule has 0 aliphatic carbocycles. The van der Waals surface area contributed by atoms with Gasteiger partial charge in [-0.2, -0.15) is 0 Å². The maximum atomic E-state index is 9.53. The van der Waals surface area contributed by atoms with E-state index in [2.05, 4.69) is 18.2 Å². The number of hydrogen-bond acceptors (Lipinski definition) is 1. The minimum atomic E-state index is -0.498. The summed E-state index contributed by atoms with van der Waals surface area (Å²) in [6.07, 6.45) is 5.56. The van der Waals surface area contributed by atoms with Gasteiger partial charge in [0.2, 0.25) is 0 Å². The molecular weight excluding hydrogens is 184 g/mol. The van der Waals surface area contributed by atoms with Crippen LogP contribution in [0.2, 0.25) is 0 Å². The minimum Gasteiger partial charge on any atom is -0.390 e. The molecule has 0 amide bonds. The Labute approximate surface area is 93.1 Å². The molecule has 1 nitrogen and oxygen atoms in total.